The molecule has 7 rings (SSSR count). The Kier molecular flexibility index (Phi) is 5.98. The Bertz CT molecular complexity index is 1740. The van der Waals surface area contributed by atoms with E-state index in [4.69, 9.17) is 4.98 Å². The van der Waals surface area contributed by atoms with Crippen molar-refractivity contribution in [1.29, 1.82) is 0 Å². The second-order valence-electron chi connectivity index (χ2n) is 10.1. The minimum absolute atomic E-state index is 0.698. The molecule has 1 saturated heterocycles. The number of aromatic nitrogens is 6. The van der Waals surface area contributed by atoms with Crippen molar-refractivity contribution in [3.63, 3.8) is 0 Å². The Balaban J connectivity index is 1.20. The smallest absolute Gasteiger partial charge is 0.181 e. The lowest BCUT2D eigenvalue weighted by Crippen LogP contribution is -2.20. The van der Waals surface area contributed by atoms with Crippen LogP contribution >= 0.6 is 11.3 Å². The average molecular weight is 520 g/mol. The molecule has 7 nitrogen and oxygen atoms in total. The van der Waals surface area contributed by atoms with E-state index in [9.17, 15) is 0 Å². The molecule has 0 bridgehead atoms. The minimum Gasteiger partial charge on any atom is -0.353 e. The Morgan fingerprint density at radius 1 is 0.947 bits per heavy atom. The van der Waals surface area contributed by atoms with E-state index in [-0.39, 0.29) is 0 Å². The molecule has 8 heteroatoms. The zero-order valence-corrected chi connectivity index (χ0v) is 22.2. The third-order valence-electron chi connectivity index (χ3n) is 7.47. The van der Waals surface area contributed by atoms with Crippen molar-refractivity contribution in [3.05, 3.63) is 71.6 Å². The number of aryl methyl sites for hydroxylation is 2. The molecule has 0 aliphatic carbocycles. The summed E-state index contributed by atoms with van der Waals surface area (Å²) in [4.78, 5) is 22.5. The SMILES string of the molecule is Cc1ccc(-c2nccc3[nH]c(-c4[nH]nc5ncc(-c6cncc(CCCN7CCCC7)c6)cc45)cc23)s1. The molecule has 0 unspecified atom stereocenters. The molecule has 2 N–H and O–H groups in total. The van der Waals surface area contributed by atoms with Gasteiger partial charge in [-0.15, -0.1) is 11.3 Å². The molecule has 7 heterocycles. The summed E-state index contributed by atoms with van der Waals surface area (Å²) in [6.45, 7) is 5.79. The quantitative estimate of drug-likeness (QED) is 0.247. The van der Waals surface area contributed by atoms with E-state index in [0.29, 0.717) is 5.65 Å². The maximum atomic E-state index is 4.70. The number of thiophene rings is 1. The third kappa shape index (κ3) is 4.40. The fourth-order valence-corrected chi connectivity index (χ4v) is 6.38. The van der Waals surface area contributed by atoms with Crippen LogP contribution in [0.2, 0.25) is 0 Å². The van der Waals surface area contributed by atoms with Gasteiger partial charge in [-0.25, -0.2) is 4.98 Å². The molecular weight excluding hydrogens is 490 g/mol. The highest BCUT2D eigenvalue weighted by molar-refractivity contribution is 7.15. The lowest BCUT2D eigenvalue weighted by Gasteiger charge is -2.14. The van der Waals surface area contributed by atoms with Crippen LogP contribution in [0.25, 0.3) is 55.0 Å². The van der Waals surface area contributed by atoms with Gasteiger partial charge in [0.1, 0.15) is 0 Å². The van der Waals surface area contributed by atoms with Crippen LogP contribution in [0.1, 0.15) is 29.7 Å². The van der Waals surface area contributed by atoms with Crippen LogP contribution in [0.4, 0.5) is 0 Å². The van der Waals surface area contributed by atoms with Crippen LogP contribution < -0.4 is 0 Å². The van der Waals surface area contributed by atoms with Gasteiger partial charge in [-0.3, -0.25) is 15.1 Å². The van der Waals surface area contributed by atoms with Gasteiger partial charge in [0.2, 0.25) is 0 Å². The van der Waals surface area contributed by atoms with Crippen molar-refractivity contribution in [2.75, 3.05) is 19.6 Å². The van der Waals surface area contributed by atoms with E-state index in [1.165, 1.54) is 47.8 Å². The van der Waals surface area contributed by atoms with Crippen molar-refractivity contribution < 1.29 is 0 Å². The molecule has 0 saturated carbocycles. The number of pyridine rings is 3. The number of nitrogens with one attached hydrogen (secondary N) is 2. The van der Waals surface area contributed by atoms with Gasteiger partial charge >= 0.3 is 0 Å². The Morgan fingerprint density at radius 2 is 1.84 bits per heavy atom. The lowest BCUT2D eigenvalue weighted by atomic mass is 10.0. The summed E-state index contributed by atoms with van der Waals surface area (Å²) in [5, 5.41) is 9.79. The first-order valence-electron chi connectivity index (χ1n) is 13.3. The van der Waals surface area contributed by atoms with Crippen molar-refractivity contribution in [2.24, 2.45) is 0 Å². The van der Waals surface area contributed by atoms with Crippen molar-refractivity contribution in [2.45, 2.75) is 32.6 Å². The monoisotopic (exact) mass is 519 g/mol. The molecule has 0 amide bonds. The summed E-state index contributed by atoms with van der Waals surface area (Å²) in [7, 11) is 0. The Morgan fingerprint density at radius 3 is 2.71 bits per heavy atom. The van der Waals surface area contributed by atoms with E-state index in [1.54, 1.807) is 11.3 Å². The van der Waals surface area contributed by atoms with Gasteiger partial charge in [-0.1, -0.05) is 0 Å². The fourth-order valence-electron chi connectivity index (χ4n) is 5.50. The maximum absolute atomic E-state index is 4.70. The largest absolute Gasteiger partial charge is 0.353 e. The van der Waals surface area contributed by atoms with Crippen LogP contribution in [0.3, 0.4) is 0 Å². The highest BCUT2D eigenvalue weighted by Crippen LogP contribution is 2.36. The van der Waals surface area contributed by atoms with Crippen LogP contribution in [0.15, 0.2) is 61.2 Å². The molecule has 0 aromatic carbocycles. The standard InChI is InChI=1S/C30H29N7S/c1-19-6-7-27(38-19)29-23-15-26(34-25(23)8-9-32-29)28-24-14-22(18-33-30(24)36-35-28)21-13-20(16-31-17-21)5-4-12-37-10-2-3-11-37/h6-9,13-18,34H,2-5,10-12H2,1H3,(H,33,35,36). The first kappa shape index (κ1) is 23.3. The van der Waals surface area contributed by atoms with E-state index < -0.39 is 0 Å². The zero-order chi connectivity index (χ0) is 25.5. The number of nitrogens with zero attached hydrogens (tertiary/aromatic N) is 5. The molecule has 0 spiro atoms. The topological polar surface area (TPSA) is 86.4 Å². The summed E-state index contributed by atoms with van der Waals surface area (Å²) < 4.78 is 0. The van der Waals surface area contributed by atoms with E-state index in [2.05, 4.69) is 67.3 Å². The molecule has 1 aliphatic heterocycles. The third-order valence-corrected chi connectivity index (χ3v) is 8.47. The van der Waals surface area contributed by atoms with E-state index in [0.717, 1.165) is 57.3 Å². The predicted octanol–water partition coefficient (Wildman–Crippen LogP) is 6.63. The summed E-state index contributed by atoms with van der Waals surface area (Å²) in [6.07, 6.45) is 12.6. The van der Waals surface area contributed by atoms with Gasteiger partial charge in [0.05, 0.1) is 22.0 Å². The molecule has 38 heavy (non-hydrogen) atoms. The Labute approximate surface area is 225 Å². The number of likely N-dealkylation sites (tertiary alicyclic amines) is 1. The van der Waals surface area contributed by atoms with Gasteiger partial charge in [-0.2, -0.15) is 5.10 Å². The van der Waals surface area contributed by atoms with Gasteiger partial charge in [0.25, 0.3) is 0 Å². The van der Waals surface area contributed by atoms with Crippen molar-refractivity contribution >= 4 is 33.3 Å². The summed E-state index contributed by atoms with van der Waals surface area (Å²) in [5.41, 5.74) is 8.04. The van der Waals surface area contributed by atoms with Crippen LogP contribution in [0, 0.1) is 6.92 Å². The van der Waals surface area contributed by atoms with Gasteiger partial charge in [0, 0.05) is 57.1 Å². The number of rotatable bonds is 7. The molecular formula is C30H29N7S. The average Bonchev–Trinajstić information content (AvgIpc) is 3.74. The lowest BCUT2D eigenvalue weighted by molar-refractivity contribution is 0.334. The summed E-state index contributed by atoms with van der Waals surface area (Å²) >= 11 is 1.76. The Hall–Kier alpha value is -3.88. The first-order chi connectivity index (χ1) is 18.7. The normalized spacial score (nSPS) is 14.2. The molecule has 6 aromatic heterocycles. The highest BCUT2D eigenvalue weighted by Gasteiger charge is 2.16. The van der Waals surface area contributed by atoms with E-state index in [1.807, 2.05) is 30.9 Å². The molecule has 6 aromatic rings. The van der Waals surface area contributed by atoms with E-state index >= 15 is 0 Å². The van der Waals surface area contributed by atoms with Crippen LogP contribution in [-0.2, 0) is 6.42 Å². The molecule has 0 radical (unpaired) electrons. The number of H-pyrrole nitrogens is 2. The zero-order valence-electron chi connectivity index (χ0n) is 21.4. The highest BCUT2D eigenvalue weighted by atomic mass is 32.1. The molecule has 190 valence electrons. The second-order valence-corrected chi connectivity index (χ2v) is 11.4. The van der Waals surface area contributed by atoms with Crippen LogP contribution in [0.5, 0.6) is 0 Å². The summed E-state index contributed by atoms with van der Waals surface area (Å²) in [6, 6.07) is 12.9. The van der Waals surface area contributed by atoms with Crippen molar-refractivity contribution in [3.8, 4) is 33.1 Å². The summed E-state index contributed by atoms with van der Waals surface area (Å²) in [5.74, 6) is 0. The number of hydrogen-bond acceptors (Lipinski definition) is 6. The number of fused-ring (bicyclic) bond motifs is 2. The minimum atomic E-state index is 0.698. The first-order valence-corrected chi connectivity index (χ1v) is 14.1. The number of hydrogen-bond donors (Lipinski definition) is 2. The second kappa shape index (κ2) is 9.78. The molecule has 1 aliphatic rings. The molecule has 0 atom stereocenters. The van der Waals surface area contributed by atoms with Crippen LogP contribution in [-0.4, -0.2) is 54.7 Å². The van der Waals surface area contributed by atoms with Gasteiger partial charge < -0.3 is 9.88 Å². The fraction of sp³-hybridized carbons (Fsp3) is 0.267. The maximum Gasteiger partial charge on any atom is 0.181 e. The number of aromatic amines is 2. The predicted molar refractivity (Wildman–Crippen MR) is 154 cm³/mol. The van der Waals surface area contributed by atoms with Gasteiger partial charge in [-0.05, 0) is 94.2 Å². The van der Waals surface area contributed by atoms with Gasteiger partial charge in [0.15, 0.2) is 5.65 Å². The molecule has 1 fully saturated rings. The van der Waals surface area contributed by atoms with Crippen molar-refractivity contribution in [1.82, 2.24) is 35.0 Å².